The molecule has 0 saturated carbocycles. The second kappa shape index (κ2) is 8.57. The first-order valence-electron chi connectivity index (χ1n) is 9.71. The smallest absolute Gasteiger partial charge is 0.258 e. The van der Waals surface area contributed by atoms with Gasteiger partial charge in [-0.05, 0) is 82.0 Å². The Kier molecular flexibility index (Phi) is 6.17. The number of aryl methyl sites for hydroxylation is 2. The molecule has 0 aromatic heterocycles. The van der Waals surface area contributed by atoms with Crippen LogP contribution >= 0.6 is 0 Å². The van der Waals surface area contributed by atoms with E-state index >= 15 is 0 Å². The van der Waals surface area contributed by atoms with Crippen LogP contribution in [0.4, 0.5) is 5.69 Å². The van der Waals surface area contributed by atoms with E-state index in [2.05, 4.69) is 18.2 Å². The van der Waals surface area contributed by atoms with E-state index < -0.39 is 0 Å². The van der Waals surface area contributed by atoms with Crippen LogP contribution in [0.1, 0.15) is 48.2 Å². The fourth-order valence-electron chi connectivity index (χ4n) is 3.40. The largest absolute Gasteiger partial charge is 0.491 e. The Labute approximate surface area is 162 Å². The van der Waals surface area contributed by atoms with Gasteiger partial charge in [0.1, 0.15) is 12.4 Å². The molecule has 4 nitrogen and oxygen atoms in total. The van der Waals surface area contributed by atoms with Gasteiger partial charge in [0.05, 0.1) is 6.10 Å². The Morgan fingerprint density at radius 1 is 1.19 bits per heavy atom. The van der Waals surface area contributed by atoms with Crippen LogP contribution < -0.4 is 9.64 Å². The van der Waals surface area contributed by atoms with Gasteiger partial charge in [0.15, 0.2) is 0 Å². The van der Waals surface area contributed by atoms with Crippen LogP contribution in [0.25, 0.3) is 0 Å². The van der Waals surface area contributed by atoms with E-state index in [1.54, 1.807) is 0 Å². The molecule has 0 aliphatic carbocycles. The van der Waals surface area contributed by atoms with Gasteiger partial charge in [-0.2, -0.15) is 0 Å². The molecular weight excluding hydrogens is 338 g/mol. The molecule has 144 valence electrons. The number of nitrogens with zero attached hydrogens (tertiary/aromatic N) is 1. The van der Waals surface area contributed by atoms with Crippen molar-refractivity contribution in [2.75, 3.05) is 18.1 Å². The lowest BCUT2D eigenvalue weighted by Crippen LogP contribution is -2.37. The van der Waals surface area contributed by atoms with E-state index in [1.165, 1.54) is 0 Å². The van der Waals surface area contributed by atoms with Crippen LogP contribution in [-0.2, 0) is 4.74 Å². The molecule has 2 aromatic rings. The van der Waals surface area contributed by atoms with Crippen molar-refractivity contribution in [1.82, 2.24) is 0 Å². The Balaban J connectivity index is 1.75. The Morgan fingerprint density at radius 2 is 1.93 bits per heavy atom. The number of ether oxygens (including phenoxy) is 2. The second-order valence-electron chi connectivity index (χ2n) is 7.53. The summed E-state index contributed by atoms with van der Waals surface area (Å²) in [5.41, 5.74) is 3.87. The maximum absolute atomic E-state index is 13.2. The number of carbonyl (C=O) groups is 1. The van der Waals surface area contributed by atoms with Crippen LogP contribution in [-0.4, -0.2) is 31.3 Å². The van der Waals surface area contributed by atoms with Gasteiger partial charge in [0.2, 0.25) is 0 Å². The van der Waals surface area contributed by atoms with Crippen molar-refractivity contribution in [3.8, 4) is 5.75 Å². The first kappa shape index (κ1) is 19.4. The van der Waals surface area contributed by atoms with E-state index in [0.717, 1.165) is 42.0 Å². The molecule has 1 atom stereocenters. The van der Waals surface area contributed by atoms with Crippen molar-refractivity contribution in [2.45, 2.75) is 52.7 Å². The third-order valence-corrected chi connectivity index (χ3v) is 4.92. The maximum Gasteiger partial charge on any atom is 0.258 e. The number of benzene rings is 2. The van der Waals surface area contributed by atoms with E-state index in [4.69, 9.17) is 9.47 Å². The molecule has 4 heteroatoms. The zero-order chi connectivity index (χ0) is 19.4. The second-order valence-corrected chi connectivity index (χ2v) is 7.53. The summed E-state index contributed by atoms with van der Waals surface area (Å²) in [5, 5.41) is 0. The van der Waals surface area contributed by atoms with Gasteiger partial charge >= 0.3 is 0 Å². The summed E-state index contributed by atoms with van der Waals surface area (Å²) in [6.07, 6.45) is 2.34. The van der Waals surface area contributed by atoms with Gasteiger partial charge in [0.25, 0.3) is 5.91 Å². The van der Waals surface area contributed by atoms with Gasteiger partial charge in [-0.25, -0.2) is 0 Å². The Morgan fingerprint density at radius 3 is 2.56 bits per heavy atom. The molecule has 1 unspecified atom stereocenters. The highest BCUT2D eigenvalue weighted by Gasteiger charge is 2.22. The number of anilines is 1. The maximum atomic E-state index is 13.2. The van der Waals surface area contributed by atoms with Gasteiger partial charge in [0, 0.05) is 23.9 Å². The number of rotatable bonds is 6. The summed E-state index contributed by atoms with van der Waals surface area (Å²) in [4.78, 5) is 15.1. The molecule has 0 spiro atoms. The highest BCUT2D eigenvalue weighted by Crippen LogP contribution is 2.26. The minimum Gasteiger partial charge on any atom is -0.491 e. The van der Waals surface area contributed by atoms with Crippen molar-refractivity contribution >= 4 is 11.6 Å². The molecule has 0 bridgehead atoms. The zero-order valence-corrected chi connectivity index (χ0v) is 16.7. The molecule has 0 radical (unpaired) electrons. The molecule has 2 aromatic carbocycles. The fraction of sp³-hybridized carbons (Fsp3) is 0.435. The lowest BCUT2D eigenvalue weighted by molar-refractivity contribution is 0.0679. The van der Waals surface area contributed by atoms with Crippen LogP contribution in [0.2, 0.25) is 0 Å². The summed E-state index contributed by atoms with van der Waals surface area (Å²) >= 11 is 0. The third kappa shape index (κ3) is 4.69. The number of hydrogen-bond donors (Lipinski definition) is 0. The van der Waals surface area contributed by atoms with E-state index in [-0.39, 0.29) is 18.1 Å². The molecule has 0 N–H and O–H groups in total. The van der Waals surface area contributed by atoms with Crippen LogP contribution in [0.5, 0.6) is 5.75 Å². The van der Waals surface area contributed by atoms with E-state index in [0.29, 0.717) is 12.2 Å². The predicted octanol–water partition coefficient (Wildman–Crippen LogP) is 4.92. The summed E-state index contributed by atoms with van der Waals surface area (Å²) in [5.74, 6) is 0.772. The summed E-state index contributed by atoms with van der Waals surface area (Å²) in [7, 11) is 0. The lowest BCUT2D eigenvalue weighted by atomic mass is 10.1. The van der Waals surface area contributed by atoms with E-state index in [1.807, 2.05) is 56.9 Å². The minimum absolute atomic E-state index is 0.00405. The molecule has 1 fully saturated rings. The molecule has 1 aliphatic rings. The minimum atomic E-state index is 0.00405. The van der Waals surface area contributed by atoms with Crippen molar-refractivity contribution in [3.05, 3.63) is 59.2 Å². The van der Waals surface area contributed by atoms with Crippen LogP contribution in [0.15, 0.2) is 42.5 Å². The average Bonchev–Trinajstić information content (AvgIpc) is 3.17. The average molecular weight is 367 g/mol. The fourth-order valence-corrected chi connectivity index (χ4v) is 3.40. The highest BCUT2D eigenvalue weighted by atomic mass is 16.5. The number of carbonyl (C=O) groups excluding carboxylic acids is 1. The summed E-state index contributed by atoms with van der Waals surface area (Å²) in [6, 6.07) is 13.7. The summed E-state index contributed by atoms with van der Waals surface area (Å²) in [6.45, 7) is 9.56. The topological polar surface area (TPSA) is 38.8 Å². The first-order valence-corrected chi connectivity index (χ1v) is 9.71. The van der Waals surface area contributed by atoms with Crippen molar-refractivity contribution in [1.29, 1.82) is 0 Å². The SMILES string of the molecule is Cc1ccc(C)c(N(C(=O)c2ccc(OCC3CCCO3)cc2)C(C)C)c1. The van der Waals surface area contributed by atoms with Crippen molar-refractivity contribution < 1.29 is 14.3 Å². The number of hydrogen-bond acceptors (Lipinski definition) is 3. The van der Waals surface area contributed by atoms with E-state index in [9.17, 15) is 4.79 Å². The van der Waals surface area contributed by atoms with Crippen molar-refractivity contribution in [2.24, 2.45) is 0 Å². The standard InChI is InChI=1S/C23H29NO3/c1-16(2)24(22-14-17(3)7-8-18(22)4)23(25)19-9-11-20(12-10-19)27-15-21-6-5-13-26-21/h7-12,14,16,21H,5-6,13,15H2,1-4H3. The Bertz CT molecular complexity index is 777. The van der Waals surface area contributed by atoms with Gasteiger partial charge in [-0.1, -0.05) is 12.1 Å². The normalized spacial score (nSPS) is 16.6. The lowest BCUT2D eigenvalue weighted by Gasteiger charge is -2.29. The third-order valence-electron chi connectivity index (χ3n) is 4.92. The molecule has 1 aliphatic heterocycles. The van der Waals surface area contributed by atoms with Crippen LogP contribution in [0, 0.1) is 13.8 Å². The Hall–Kier alpha value is -2.33. The first-order chi connectivity index (χ1) is 13.0. The predicted molar refractivity (Wildman–Crippen MR) is 109 cm³/mol. The highest BCUT2D eigenvalue weighted by molar-refractivity contribution is 6.07. The van der Waals surface area contributed by atoms with Gasteiger partial charge in [-0.3, -0.25) is 4.79 Å². The molecule has 1 saturated heterocycles. The quantitative estimate of drug-likeness (QED) is 0.728. The molecule has 27 heavy (non-hydrogen) atoms. The van der Waals surface area contributed by atoms with Gasteiger partial charge in [-0.15, -0.1) is 0 Å². The molecular formula is C23H29NO3. The molecule has 1 amide bonds. The number of amides is 1. The van der Waals surface area contributed by atoms with Gasteiger partial charge < -0.3 is 14.4 Å². The monoisotopic (exact) mass is 367 g/mol. The van der Waals surface area contributed by atoms with Crippen LogP contribution in [0.3, 0.4) is 0 Å². The molecule has 1 heterocycles. The van der Waals surface area contributed by atoms with Crippen molar-refractivity contribution in [3.63, 3.8) is 0 Å². The summed E-state index contributed by atoms with van der Waals surface area (Å²) < 4.78 is 11.4. The zero-order valence-electron chi connectivity index (χ0n) is 16.7. The molecule has 3 rings (SSSR count).